The van der Waals surface area contributed by atoms with Crippen LogP contribution in [-0.2, 0) is 4.74 Å². The van der Waals surface area contributed by atoms with E-state index in [0.717, 1.165) is 32.6 Å². The molecule has 1 aliphatic heterocycles. The number of ether oxygens (including phenoxy) is 1. The lowest BCUT2D eigenvalue weighted by atomic mass is 10.0. The Morgan fingerprint density at radius 1 is 1.39 bits per heavy atom. The maximum Gasteiger partial charge on any atom is 0.224 e. The number of aromatic nitrogens is 2. The third-order valence-electron chi connectivity index (χ3n) is 2.98. The van der Waals surface area contributed by atoms with Gasteiger partial charge >= 0.3 is 0 Å². The highest BCUT2D eigenvalue weighted by molar-refractivity contribution is 5.40. The minimum Gasteiger partial charge on any atom is -0.381 e. The molecule has 1 saturated heterocycles. The molecular formula is C12H19FN4O. The van der Waals surface area contributed by atoms with Crippen molar-refractivity contribution in [1.29, 1.82) is 0 Å². The van der Waals surface area contributed by atoms with Crippen LogP contribution in [0.5, 0.6) is 0 Å². The minimum absolute atomic E-state index is 0.271. The van der Waals surface area contributed by atoms with E-state index in [1.807, 2.05) is 6.92 Å². The zero-order valence-corrected chi connectivity index (χ0v) is 10.6. The first-order valence-electron chi connectivity index (χ1n) is 6.37. The van der Waals surface area contributed by atoms with Crippen LogP contribution in [0.1, 0.15) is 19.8 Å². The normalized spacial score (nSPS) is 16.6. The van der Waals surface area contributed by atoms with E-state index in [0.29, 0.717) is 18.4 Å². The van der Waals surface area contributed by atoms with Crippen molar-refractivity contribution in [2.24, 2.45) is 5.92 Å². The summed E-state index contributed by atoms with van der Waals surface area (Å²) in [5.74, 6) is 0.834. The van der Waals surface area contributed by atoms with Gasteiger partial charge in [-0.15, -0.1) is 0 Å². The smallest absolute Gasteiger partial charge is 0.224 e. The molecule has 0 aliphatic carbocycles. The van der Waals surface area contributed by atoms with E-state index in [9.17, 15) is 4.39 Å². The first kappa shape index (κ1) is 13.0. The van der Waals surface area contributed by atoms with Crippen molar-refractivity contribution >= 4 is 11.8 Å². The Morgan fingerprint density at radius 2 is 2.17 bits per heavy atom. The molecule has 0 spiro atoms. The molecule has 100 valence electrons. The molecule has 0 unspecified atom stereocenters. The second-order valence-corrected chi connectivity index (χ2v) is 4.36. The molecule has 2 rings (SSSR count). The van der Waals surface area contributed by atoms with Gasteiger partial charge in [-0.3, -0.25) is 0 Å². The molecule has 1 aliphatic rings. The van der Waals surface area contributed by atoms with Crippen LogP contribution in [0.15, 0.2) is 6.20 Å². The van der Waals surface area contributed by atoms with E-state index < -0.39 is 5.82 Å². The first-order chi connectivity index (χ1) is 8.79. The maximum atomic E-state index is 13.5. The molecule has 0 radical (unpaired) electrons. The van der Waals surface area contributed by atoms with Crippen molar-refractivity contribution in [3.63, 3.8) is 0 Å². The lowest BCUT2D eigenvalue weighted by Gasteiger charge is -2.22. The Labute approximate surface area is 106 Å². The van der Waals surface area contributed by atoms with Crippen LogP contribution in [0, 0.1) is 11.7 Å². The number of hydrogen-bond donors (Lipinski definition) is 2. The summed E-state index contributed by atoms with van der Waals surface area (Å²) in [5.41, 5.74) is 0. The molecule has 2 N–H and O–H groups in total. The zero-order chi connectivity index (χ0) is 12.8. The summed E-state index contributed by atoms with van der Waals surface area (Å²) in [7, 11) is 0. The minimum atomic E-state index is -0.413. The third-order valence-corrected chi connectivity index (χ3v) is 2.98. The fraction of sp³-hybridized carbons (Fsp3) is 0.667. The van der Waals surface area contributed by atoms with E-state index in [1.54, 1.807) is 0 Å². The molecule has 0 bridgehead atoms. The predicted octanol–water partition coefficient (Wildman–Crippen LogP) is 1.89. The average molecular weight is 254 g/mol. The number of halogens is 1. The van der Waals surface area contributed by atoms with Crippen LogP contribution in [0.2, 0.25) is 0 Å². The van der Waals surface area contributed by atoms with Crippen LogP contribution in [-0.4, -0.2) is 36.3 Å². The van der Waals surface area contributed by atoms with Gasteiger partial charge in [-0.25, -0.2) is 9.37 Å². The van der Waals surface area contributed by atoms with Gasteiger partial charge < -0.3 is 15.4 Å². The molecule has 1 fully saturated rings. The quantitative estimate of drug-likeness (QED) is 0.840. The standard InChI is InChI=1S/C12H19FN4O/c1-2-14-12-16-8-10(13)11(17-12)15-7-9-3-5-18-6-4-9/h8-9H,2-7H2,1H3,(H2,14,15,16,17). The van der Waals surface area contributed by atoms with E-state index >= 15 is 0 Å². The Hall–Kier alpha value is -1.43. The highest BCUT2D eigenvalue weighted by atomic mass is 19.1. The lowest BCUT2D eigenvalue weighted by molar-refractivity contribution is 0.0699. The molecular weight excluding hydrogens is 235 g/mol. The molecule has 2 heterocycles. The Kier molecular flexibility index (Phi) is 4.69. The van der Waals surface area contributed by atoms with E-state index in [-0.39, 0.29) is 5.82 Å². The van der Waals surface area contributed by atoms with Gasteiger partial charge in [0.2, 0.25) is 5.95 Å². The Morgan fingerprint density at radius 3 is 2.89 bits per heavy atom. The van der Waals surface area contributed by atoms with Crippen molar-refractivity contribution < 1.29 is 9.13 Å². The van der Waals surface area contributed by atoms with Crippen LogP contribution in [0.4, 0.5) is 16.2 Å². The van der Waals surface area contributed by atoms with Gasteiger partial charge in [0.05, 0.1) is 6.20 Å². The van der Waals surface area contributed by atoms with Crippen LogP contribution in [0.25, 0.3) is 0 Å². The molecule has 1 aromatic heterocycles. The number of nitrogens with one attached hydrogen (secondary N) is 2. The maximum absolute atomic E-state index is 13.5. The van der Waals surface area contributed by atoms with Crippen LogP contribution >= 0.6 is 0 Å². The summed E-state index contributed by atoms with van der Waals surface area (Å²) in [4.78, 5) is 7.97. The largest absolute Gasteiger partial charge is 0.381 e. The molecule has 0 atom stereocenters. The summed E-state index contributed by atoms with van der Waals surface area (Å²) >= 11 is 0. The SMILES string of the molecule is CCNc1ncc(F)c(NCC2CCOCC2)n1. The monoisotopic (exact) mass is 254 g/mol. The molecule has 5 nitrogen and oxygen atoms in total. The molecule has 18 heavy (non-hydrogen) atoms. The lowest BCUT2D eigenvalue weighted by Crippen LogP contribution is -2.23. The average Bonchev–Trinajstić information content (AvgIpc) is 2.41. The third kappa shape index (κ3) is 3.53. The summed E-state index contributed by atoms with van der Waals surface area (Å²) in [5, 5.41) is 6.02. The van der Waals surface area contributed by atoms with Gasteiger partial charge in [0.25, 0.3) is 0 Å². The second-order valence-electron chi connectivity index (χ2n) is 4.36. The summed E-state index contributed by atoms with van der Waals surface area (Å²) < 4.78 is 18.8. The molecule has 6 heteroatoms. The first-order valence-corrected chi connectivity index (χ1v) is 6.37. The Balaban J connectivity index is 1.92. The Bertz CT molecular complexity index is 382. The van der Waals surface area contributed by atoms with Gasteiger partial charge in [0.1, 0.15) is 0 Å². The fourth-order valence-corrected chi connectivity index (χ4v) is 1.93. The van der Waals surface area contributed by atoms with Gasteiger partial charge in [-0.05, 0) is 25.7 Å². The zero-order valence-electron chi connectivity index (χ0n) is 10.6. The fourth-order valence-electron chi connectivity index (χ4n) is 1.93. The van der Waals surface area contributed by atoms with Crippen molar-refractivity contribution in [3.8, 4) is 0 Å². The van der Waals surface area contributed by atoms with Gasteiger partial charge in [0.15, 0.2) is 11.6 Å². The van der Waals surface area contributed by atoms with Gasteiger partial charge in [0, 0.05) is 26.3 Å². The van der Waals surface area contributed by atoms with Crippen LogP contribution in [0.3, 0.4) is 0 Å². The van der Waals surface area contributed by atoms with Crippen LogP contribution < -0.4 is 10.6 Å². The van der Waals surface area contributed by atoms with Gasteiger partial charge in [-0.1, -0.05) is 0 Å². The van der Waals surface area contributed by atoms with Crippen molar-refractivity contribution in [2.45, 2.75) is 19.8 Å². The predicted molar refractivity (Wildman–Crippen MR) is 68.2 cm³/mol. The van der Waals surface area contributed by atoms with Crippen molar-refractivity contribution in [1.82, 2.24) is 9.97 Å². The summed E-state index contributed by atoms with van der Waals surface area (Å²) in [6.07, 6.45) is 3.22. The number of anilines is 2. The number of hydrogen-bond acceptors (Lipinski definition) is 5. The summed E-state index contributed by atoms with van der Waals surface area (Å²) in [6, 6.07) is 0. The highest BCUT2D eigenvalue weighted by Gasteiger charge is 2.15. The van der Waals surface area contributed by atoms with E-state index in [1.165, 1.54) is 6.20 Å². The van der Waals surface area contributed by atoms with E-state index in [2.05, 4.69) is 20.6 Å². The molecule has 0 saturated carbocycles. The second kappa shape index (κ2) is 6.49. The molecule has 1 aromatic rings. The number of rotatable bonds is 5. The highest BCUT2D eigenvalue weighted by Crippen LogP contribution is 2.17. The topological polar surface area (TPSA) is 59.1 Å². The van der Waals surface area contributed by atoms with Gasteiger partial charge in [-0.2, -0.15) is 4.98 Å². The molecule has 0 amide bonds. The molecule has 0 aromatic carbocycles. The summed E-state index contributed by atoms with van der Waals surface area (Å²) in [6.45, 7) is 4.97. The van der Waals surface area contributed by atoms with Crippen molar-refractivity contribution in [2.75, 3.05) is 36.9 Å². The van der Waals surface area contributed by atoms with E-state index in [4.69, 9.17) is 4.74 Å². The van der Waals surface area contributed by atoms with Crippen molar-refractivity contribution in [3.05, 3.63) is 12.0 Å². The number of nitrogens with zero attached hydrogens (tertiary/aromatic N) is 2.